The van der Waals surface area contributed by atoms with Gasteiger partial charge in [0, 0.05) is 23.0 Å². The largest absolute Gasteiger partial charge is 0.496 e. The Morgan fingerprint density at radius 2 is 2.00 bits per heavy atom. The Hall–Kier alpha value is -1.88. The molecule has 4 nitrogen and oxygen atoms in total. The van der Waals surface area contributed by atoms with Crippen molar-refractivity contribution in [2.75, 3.05) is 13.9 Å². The fourth-order valence-electron chi connectivity index (χ4n) is 1.98. The van der Waals surface area contributed by atoms with Gasteiger partial charge in [-0.05, 0) is 6.07 Å². The normalized spacial score (nSPS) is 12.3. The predicted molar refractivity (Wildman–Crippen MR) is 78.3 cm³/mol. The van der Waals surface area contributed by atoms with Crippen molar-refractivity contribution in [3.05, 3.63) is 42.0 Å². The molecule has 0 spiro atoms. The van der Waals surface area contributed by atoms with E-state index in [1.54, 1.807) is 19.2 Å². The zero-order chi connectivity index (χ0) is 13.9. The standard InChI is InChI=1S/C15H13BrO4/c1-17-11-6-13-15(19-9-18-13)14(7-11)20-12-5-3-2-4-10(12)8-16/h2-7H,8-9H2,1H3. The lowest BCUT2D eigenvalue weighted by atomic mass is 10.2. The Morgan fingerprint density at radius 1 is 1.15 bits per heavy atom. The molecule has 0 atom stereocenters. The third kappa shape index (κ3) is 2.41. The number of alkyl halides is 1. The number of halogens is 1. The highest BCUT2D eigenvalue weighted by molar-refractivity contribution is 9.08. The molecular weight excluding hydrogens is 324 g/mol. The quantitative estimate of drug-likeness (QED) is 0.787. The van der Waals surface area contributed by atoms with Crippen LogP contribution in [0.15, 0.2) is 36.4 Å². The van der Waals surface area contributed by atoms with Gasteiger partial charge in [0.25, 0.3) is 0 Å². The van der Waals surface area contributed by atoms with E-state index < -0.39 is 0 Å². The molecular formula is C15H13BrO4. The lowest BCUT2D eigenvalue weighted by molar-refractivity contribution is 0.171. The van der Waals surface area contributed by atoms with E-state index >= 15 is 0 Å². The first kappa shape index (κ1) is 13.1. The van der Waals surface area contributed by atoms with Gasteiger partial charge >= 0.3 is 0 Å². The van der Waals surface area contributed by atoms with Crippen molar-refractivity contribution in [2.24, 2.45) is 0 Å². The lowest BCUT2D eigenvalue weighted by Gasteiger charge is -2.12. The van der Waals surface area contributed by atoms with Gasteiger partial charge in [-0.3, -0.25) is 0 Å². The molecule has 0 bridgehead atoms. The van der Waals surface area contributed by atoms with Crippen molar-refractivity contribution >= 4 is 15.9 Å². The summed E-state index contributed by atoms with van der Waals surface area (Å²) in [5, 5.41) is 0.715. The summed E-state index contributed by atoms with van der Waals surface area (Å²) >= 11 is 3.45. The number of hydrogen-bond donors (Lipinski definition) is 0. The Bertz CT molecular complexity index is 627. The molecule has 0 radical (unpaired) electrons. The second kappa shape index (κ2) is 5.63. The lowest BCUT2D eigenvalue weighted by Crippen LogP contribution is -1.94. The Kier molecular flexibility index (Phi) is 3.69. The molecule has 1 aliphatic rings. The van der Waals surface area contributed by atoms with Crippen LogP contribution >= 0.6 is 15.9 Å². The maximum atomic E-state index is 5.97. The summed E-state index contributed by atoms with van der Waals surface area (Å²) < 4.78 is 22.1. The highest BCUT2D eigenvalue weighted by Gasteiger charge is 2.22. The molecule has 0 N–H and O–H groups in total. The van der Waals surface area contributed by atoms with E-state index in [0.29, 0.717) is 28.3 Å². The number of ether oxygens (including phenoxy) is 4. The van der Waals surface area contributed by atoms with E-state index in [-0.39, 0.29) is 6.79 Å². The van der Waals surface area contributed by atoms with Crippen LogP contribution in [0, 0.1) is 0 Å². The maximum Gasteiger partial charge on any atom is 0.231 e. The van der Waals surface area contributed by atoms with Crippen molar-refractivity contribution in [3.8, 4) is 28.7 Å². The minimum Gasteiger partial charge on any atom is -0.496 e. The third-order valence-electron chi connectivity index (χ3n) is 2.98. The molecule has 1 aliphatic heterocycles. The van der Waals surface area contributed by atoms with Gasteiger partial charge in [0.2, 0.25) is 12.5 Å². The number of hydrogen-bond acceptors (Lipinski definition) is 4. The molecule has 104 valence electrons. The van der Waals surface area contributed by atoms with Gasteiger partial charge in [-0.15, -0.1) is 0 Å². The van der Waals surface area contributed by atoms with Gasteiger partial charge in [-0.1, -0.05) is 34.1 Å². The van der Waals surface area contributed by atoms with Crippen LogP contribution in [0.2, 0.25) is 0 Å². The number of para-hydroxylation sites is 1. The molecule has 0 unspecified atom stereocenters. The second-order valence-corrected chi connectivity index (χ2v) is 4.76. The fraction of sp³-hybridized carbons (Fsp3) is 0.200. The molecule has 3 rings (SSSR count). The summed E-state index contributed by atoms with van der Waals surface area (Å²) in [6.07, 6.45) is 0. The molecule has 20 heavy (non-hydrogen) atoms. The summed E-state index contributed by atoms with van der Waals surface area (Å²) in [5.41, 5.74) is 1.06. The first-order valence-electron chi connectivity index (χ1n) is 6.11. The molecule has 0 saturated heterocycles. The van der Waals surface area contributed by atoms with Crippen molar-refractivity contribution < 1.29 is 18.9 Å². The number of rotatable bonds is 4. The first-order chi connectivity index (χ1) is 9.81. The zero-order valence-corrected chi connectivity index (χ0v) is 12.5. The van der Waals surface area contributed by atoms with Crippen LogP contribution in [0.1, 0.15) is 5.56 Å². The Labute approximate surface area is 125 Å². The van der Waals surface area contributed by atoms with Crippen molar-refractivity contribution in [3.63, 3.8) is 0 Å². The second-order valence-electron chi connectivity index (χ2n) is 4.20. The van der Waals surface area contributed by atoms with Crippen molar-refractivity contribution in [1.82, 2.24) is 0 Å². The van der Waals surface area contributed by atoms with Crippen molar-refractivity contribution in [2.45, 2.75) is 5.33 Å². The number of benzene rings is 2. The molecule has 0 fully saturated rings. The first-order valence-corrected chi connectivity index (χ1v) is 7.23. The fourth-order valence-corrected chi connectivity index (χ4v) is 2.44. The number of fused-ring (bicyclic) bond motifs is 1. The van der Waals surface area contributed by atoms with E-state index in [1.807, 2.05) is 24.3 Å². The summed E-state index contributed by atoms with van der Waals surface area (Å²) in [7, 11) is 1.60. The van der Waals surface area contributed by atoms with E-state index in [2.05, 4.69) is 15.9 Å². The minimum atomic E-state index is 0.193. The zero-order valence-electron chi connectivity index (χ0n) is 10.9. The SMILES string of the molecule is COc1cc2c(c(Oc3ccccc3CBr)c1)OCO2. The van der Waals surface area contributed by atoms with E-state index in [4.69, 9.17) is 18.9 Å². The molecule has 5 heteroatoms. The van der Waals surface area contributed by atoms with E-state index in [9.17, 15) is 0 Å². The van der Waals surface area contributed by atoms with Gasteiger partial charge in [0.15, 0.2) is 11.5 Å². The predicted octanol–water partition coefficient (Wildman–Crippen LogP) is 4.11. The molecule has 0 amide bonds. The Morgan fingerprint density at radius 3 is 2.80 bits per heavy atom. The van der Waals surface area contributed by atoms with Crippen LogP contribution in [0.25, 0.3) is 0 Å². The summed E-state index contributed by atoms with van der Waals surface area (Å²) in [5.74, 6) is 3.27. The highest BCUT2D eigenvalue weighted by Crippen LogP contribution is 2.46. The van der Waals surface area contributed by atoms with Crippen LogP contribution in [0.5, 0.6) is 28.7 Å². The van der Waals surface area contributed by atoms with Gasteiger partial charge < -0.3 is 18.9 Å². The average Bonchev–Trinajstić information content (AvgIpc) is 2.96. The molecule has 0 aliphatic carbocycles. The van der Waals surface area contributed by atoms with Crippen molar-refractivity contribution in [1.29, 1.82) is 0 Å². The summed E-state index contributed by atoms with van der Waals surface area (Å²) in [6, 6.07) is 11.4. The summed E-state index contributed by atoms with van der Waals surface area (Å²) in [4.78, 5) is 0. The molecule has 0 saturated carbocycles. The van der Waals surface area contributed by atoms with Crippen LogP contribution < -0.4 is 18.9 Å². The maximum absolute atomic E-state index is 5.97. The van der Waals surface area contributed by atoms with Gasteiger partial charge in [-0.2, -0.15) is 0 Å². The topological polar surface area (TPSA) is 36.9 Å². The summed E-state index contributed by atoms with van der Waals surface area (Å²) in [6.45, 7) is 0.193. The molecule has 2 aromatic carbocycles. The highest BCUT2D eigenvalue weighted by atomic mass is 79.9. The molecule has 2 aromatic rings. The van der Waals surface area contributed by atoms with Crippen LogP contribution in [-0.2, 0) is 5.33 Å². The van der Waals surface area contributed by atoms with Gasteiger partial charge in [0.05, 0.1) is 7.11 Å². The van der Waals surface area contributed by atoms with Crippen LogP contribution in [0.3, 0.4) is 0 Å². The average molecular weight is 337 g/mol. The minimum absolute atomic E-state index is 0.193. The smallest absolute Gasteiger partial charge is 0.231 e. The Balaban J connectivity index is 2.00. The number of methoxy groups -OCH3 is 1. The van der Waals surface area contributed by atoms with E-state index in [0.717, 1.165) is 11.3 Å². The van der Waals surface area contributed by atoms with Crippen LogP contribution in [-0.4, -0.2) is 13.9 Å². The van der Waals surface area contributed by atoms with Gasteiger partial charge in [0.1, 0.15) is 11.5 Å². The van der Waals surface area contributed by atoms with E-state index in [1.165, 1.54) is 0 Å². The van der Waals surface area contributed by atoms with Gasteiger partial charge in [-0.25, -0.2) is 0 Å². The molecule has 1 heterocycles. The third-order valence-corrected chi connectivity index (χ3v) is 3.59. The monoisotopic (exact) mass is 336 g/mol. The molecule has 0 aromatic heterocycles. The van der Waals surface area contributed by atoms with Crippen LogP contribution in [0.4, 0.5) is 0 Å².